The van der Waals surface area contributed by atoms with Crippen molar-refractivity contribution in [2.75, 3.05) is 6.61 Å². The fourth-order valence-electron chi connectivity index (χ4n) is 9.03. The summed E-state index contributed by atoms with van der Waals surface area (Å²) in [5.74, 6) is 3.63. The highest BCUT2D eigenvalue weighted by molar-refractivity contribution is 5.82. The van der Waals surface area contributed by atoms with Crippen molar-refractivity contribution in [3.63, 3.8) is 0 Å². The molecule has 198 valence electrons. The van der Waals surface area contributed by atoms with Gasteiger partial charge in [-0.2, -0.15) is 4.99 Å². The molecule has 35 heavy (non-hydrogen) atoms. The van der Waals surface area contributed by atoms with Gasteiger partial charge in [-0.3, -0.25) is 0 Å². The summed E-state index contributed by atoms with van der Waals surface area (Å²) >= 11 is 0. The fourth-order valence-corrected chi connectivity index (χ4v) is 9.03. The van der Waals surface area contributed by atoms with Crippen molar-refractivity contribution in [3.8, 4) is 0 Å². The van der Waals surface area contributed by atoms with Crippen LogP contribution in [0.2, 0.25) is 0 Å². The van der Waals surface area contributed by atoms with E-state index < -0.39 is 6.09 Å². The smallest absolute Gasteiger partial charge is 0.433 e. The van der Waals surface area contributed by atoms with E-state index in [1.807, 2.05) is 13.1 Å². The van der Waals surface area contributed by atoms with Crippen LogP contribution in [0.4, 0.5) is 4.79 Å². The number of allylic oxidation sites excluding steroid dienone is 2. The van der Waals surface area contributed by atoms with Crippen LogP contribution in [0.3, 0.4) is 0 Å². The quantitative estimate of drug-likeness (QED) is 0.294. The Hall–Kier alpha value is -1.16. The standard InChI is InChI=1S/C31H51NO3/c1-7-35-29(34)32-19-22-17-27(21(4)10-8-9-20(2)3)31(6)16-14-26-25(28(22)31)12-11-23-18-24(33)13-15-30(23,26)5/h19-24,26-27,33H,7-18H2,1-6H3/b32-19+/t21-,22?,23+,24?,26?,27?,30?,31?/m1/s1. The molecule has 4 heteroatoms. The second-order valence-electron chi connectivity index (χ2n) is 13.3. The third-order valence-electron chi connectivity index (χ3n) is 10.9. The number of fused-ring (bicyclic) bond motifs is 4. The van der Waals surface area contributed by atoms with Crippen LogP contribution in [0, 0.1) is 46.3 Å². The van der Waals surface area contributed by atoms with Crippen LogP contribution in [-0.4, -0.2) is 30.1 Å². The second kappa shape index (κ2) is 10.7. The Morgan fingerprint density at radius 1 is 1.14 bits per heavy atom. The molecule has 1 N–H and O–H groups in total. The van der Waals surface area contributed by atoms with Crippen molar-refractivity contribution < 1.29 is 14.6 Å². The Balaban J connectivity index is 1.67. The monoisotopic (exact) mass is 485 g/mol. The third kappa shape index (κ3) is 5.15. The van der Waals surface area contributed by atoms with Gasteiger partial charge in [-0.25, -0.2) is 4.79 Å². The van der Waals surface area contributed by atoms with E-state index in [4.69, 9.17) is 4.74 Å². The molecule has 3 saturated carbocycles. The maximum Gasteiger partial charge on any atom is 0.433 e. The molecule has 0 heterocycles. The molecule has 0 aromatic carbocycles. The summed E-state index contributed by atoms with van der Waals surface area (Å²) in [5.41, 5.74) is 3.89. The van der Waals surface area contributed by atoms with Gasteiger partial charge in [-0.15, -0.1) is 0 Å². The fraction of sp³-hybridized carbons (Fsp3) is 0.871. The molecule has 0 aliphatic heterocycles. The highest BCUT2D eigenvalue weighted by atomic mass is 16.5. The number of aliphatic imine (C=N–C) groups is 1. The molecule has 4 aliphatic carbocycles. The summed E-state index contributed by atoms with van der Waals surface area (Å²) in [7, 11) is 0. The molecule has 4 nitrogen and oxygen atoms in total. The number of ether oxygens (including phenoxy) is 1. The molecule has 0 bridgehead atoms. The van der Waals surface area contributed by atoms with Crippen LogP contribution < -0.4 is 0 Å². The van der Waals surface area contributed by atoms with E-state index in [1.54, 1.807) is 11.1 Å². The maximum atomic E-state index is 12.2. The van der Waals surface area contributed by atoms with Crippen molar-refractivity contribution in [3.05, 3.63) is 11.1 Å². The van der Waals surface area contributed by atoms with Gasteiger partial charge < -0.3 is 9.84 Å². The largest absolute Gasteiger partial charge is 0.448 e. The molecule has 0 aromatic heterocycles. The summed E-state index contributed by atoms with van der Waals surface area (Å²) < 4.78 is 5.14. The number of hydrogen-bond donors (Lipinski definition) is 1. The zero-order valence-corrected chi connectivity index (χ0v) is 23.3. The zero-order valence-electron chi connectivity index (χ0n) is 23.3. The van der Waals surface area contributed by atoms with Crippen molar-refractivity contribution in [1.82, 2.24) is 0 Å². The number of carbonyl (C=O) groups is 1. The SMILES string of the molecule is CCOC(=O)/N=C/C1CC([C@H](C)CCCC(C)C)C2(C)CCC3C(=C12)CC[C@H]1CC(O)CCC31C. The Kier molecular flexibility index (Phi) is 8.20. The van der Waals surface area contributed by atoms with Crippen LogP contribution in [0.1, 0.15) is 112 Å². The normalized spacial score (nSPS) is 39.9. The van der Waals surface area contributed by atoms with E-state index in [1.165, 1.54) is 44.9 Å². The Bertz CT molecular complexity index is 831. The summed E-state index contributed by atoms with van der Waals surface area (Å²) in [6.45, 7) is 14.4. The van der Waals surface area contributed by atoms with E-state index in [0.29, 0.717) is 35.7 Å². The summed E-state index contributed by atoms with van der Waals surface area (Å²) in [4.78, 5) is 16.4. The van der Waals surface area contributed by atoms with E-state index in [2.05, 4.69) is 39.6 Å². The summed E-state index contributed by atoms with van der Waals surface area (Å²) in [6.07, 6.45) is 14.4. The van der Waals surface area contributed by atoms with E-state index in [9.17, 15) is 9.90 Å². The second-order valence-corrected chi connectivity index (χ2v) is 13.3. The molecule has 4 rings (SSSR count). The first-order valence-electron chi connectivity index (χ1n) is 14.7. The molecule has 6 unspecified atom stereocenters. The van der Waals surface area contributed by atoms with E-state index >= 15 is 0 Å². The van der Waals surface area contributed by atoms with E-state index in [-0.39, 0.29) is 17.4 Å². The van der Waals surface area contributed by atoms with Crippen LogP contribution >= 0.6 is 0 Å². The third-order valence-corrected chi connectivity index (χ3v) is 10.9. The molecule has 0 radical (unpaired) electrons. The molecule has 0 aromatic rings. The van der Waals surface area contributed by atoms with Crippen LogP contribution in [0.25, 0.3) is 0 Å². The highest BCUT2D eigenvalue weighted by Crippen LogP contribution is 2.67. The number of amides is 1. The predicted octanol–water partition coefficient (Wildman–Crippen LogP) is 7.99. The Morgan fingerprint density at radius 2 is 1.91 bits per heavy atom. The minimum atomic E-state index is -0.447. The average molecular weight is 486 g/mol. The van der Waals surface area contributed by atoms with E-state index in [0.717, 1.165) is 31.6 Å². The van der Waals surface area contributed by atoms with Gasteiger partial charge in [-0.05, 0) is 98.7 Å². The number of aliphatic hydroxyl groups excluding tert-OH is 1. The van der Waals surface area contributed by atoms with Gasteiger partial charge in [0.15, 0.2) is 0 Å². The molecule has 3 fully saturated rings. The van der Waals surface area contributed by atoms with Crippen molar-refractivity contribution >= 4 is 12.3 Å². The van der Waals surface area contributed by atoms with Gasteiger partial charge in [0.25, 0.3) is 0 Å². The Labute approximate surface area is 214 Å². The predicted molar refractivity (Wildman–Crippen MR) is 144 cm³/mol. The summed E-state index contributed by atoms with van der Waals surface area (Å²) in [5, 5.41) is 10.4. The van der Waals surface area contributed by atoms with Crippen molar-refractivity contribution in [1.29, 1.82) is 0 Å². The topological polar surface area (TPSA) is 58.9 Å². The minimum Gasteiger partial charge on any atom is -0.448 e. The van der Waals surface area contributed by atoms with Gasteiger partial charge in [0, 0.05) is 12.1 Å². The van der Waals surface area contributed by atoms with Crippen molar-refractivity contribution in [2.45, 2.75) is 118 Å². The lowest BCUT2D eigenvalue weighted by Crippen LogP contribution is -2.48. The first-order chi connectivity index (χ1) is 16.6. The molecule has 0 spiro atoms. The van der Waals surface area contributed by atoms with Gasteiger partial charge in [0.05, 0.1) is 12.7 Å². The first kappa shape index (κ1) is 26.9. The molecule has 4 aliphatic rings. The minimum absolute atomic E-state index is 0.108. The average Bonchev–Trinajstić information content (AvgIpc) is 3.10. The highest BCUT2D eigenvalue weighted by Gasteiger charge is 2.57. The number of carbonyl (C=O) groups excluding carboxylic acids is 1. The number of aliphatic hydroxyl groups is 1. The maximum absolute atomic E-state index is 12.2. The van der Waals surface area contributed by atoms with Crippen LogP contribution in [0.5, 0.6) is 0 Å². The molecule has 0 saturated heterocycles. The number of rotatable bonds is 7. The molecular formula is C31H51NO3. The molecular weight excluding hydrogens is 434 g/mol. The zero-order chi connectivity index (χ0) is 25.4. The molecule has 1 amide bonds. The number of nitrogens with zero attached hydrogens (tertiary/aromatic N) is 1. The van der Waals surface area contributed by atoms with Gasteiger partial charge in [-0.1, -0.05) is 65.0 Å². The van der Waals surface area contributed by atoms with Crippen LogP contribution in [-0.2, 0) is 4.74 Å². The number of hydrogen-bond acceptors (Lipinski definition) is 3. The lowest BCUT2D eigenvalue weighted by atomic mass is 9.48. The van der Waals surface area contributed by atoms with Gasteiger partial charge in [0.1, 0.15) is 0 Å². The first-order valence-corrected chi connectivity index (χ1v) is 14.7. The lowest BCUT2D eigenvalue weighted by molar-refractivity contribution is -0.0382. The molecule has 8 atom stereocenters. The van der Waals surface area contributed by atoms with Crippen molar-refractivity contribution in [2.24, 2.45) is 51.3 Å². The lowest BCUT2D eigenvalue weighted by Gasteiger charge is -2.57. The summed E-state index contributed by atoms with van der Waals surface area (Å²) in [6, 6.07) is 0. The van der Waals surface area contributed by atoms with Gasteiger partial charge in [0.2, 0.25) is 0 Å². The van der Waals surface area contributed by atoms with Gasteiger partial charge >= 0.3 is 6.09 Å². The van der Waals surface area contributed by atoms with Crippen LogP contribution in [0.15, 0.2) is 16.1 Å². The Morgan fingerprint density at radius 3 is 2.63 bits per heavy atom.